The van der Waals surface area contributed by atoms with Gasteiger partial charge < -0.3 is 5.32 Å². The number of carbonyl (C=O) groups excluding carboxylic acids is 1. The Morgan fingerprint density at radius 3 is 2.85 bits per heavy atom. The average Bonchev–Trinajstić information content (AvgIpc) is 2.82. The lowest BCUT2D eigenvalue weighted by Gasteiger charge is -2.05. The quantitative estimate of drug-likeness (QED) is 0.858. The number of hydrogen-bond acceptors (Lipinski definition) is 3. The number of nitrogens with one attached hydrogen (secondary N) is 1. The van der Waals surface area contributed by atoms with Gasteiger partial charge in [0.15, 0.2) is 5.82 Å². The molecule has 1 heterocycles. The largest absolute Gasteiger partial charge is 0.344 e. The van der Waals surface area contributed by atoms with Crippen LogP contribution in [0.2, 0.25) is 0 Å². The third-order valence-corrected chi connectivity index (χ3v) is 2.96. The summed E-state index contributed by atoms with van der Waals surface area (Å²) in [4.78, 5) is 11.9. The number of fused-ring (bicyclic) bond motifs is 1. The summed E-state index contributed by atoms with van der Waals surface area (Å²) in [5, 5.41) is 9.79. The summed E-state index contributed by atoms with van der Waals surface area (Å²) in [6.45, 7) is 2.59. The van der Waals surface area contributed by atoms with Crippen LogP contribution in [0.3, 0.4) is 0 Å². The Bertz CT molecular complexity index is 612. The number of nitrogens with zero attached hydrogens (tertiary/aromatic N) is 3. The van der Waals surface area contributed by atoms with Crippen LogP contribution in [0.15, 0.2) is 12.1 Å². The van der Waals surface area contributed by atoms with E-state index in [2.05, 4.69) is 22.6 Å². The van der Waals surface area contributed by atoms with E-state index in [0.29, 0.717) is 12.6 Å². The standard InChI is InChI=1S/C13H16F2N4O/c1-2-3-4-5-6-16-13(20)19-12-10(15)7-9(14)8-11(12)17-18-19/h7-8H,2-6H2,1H3,(H,16,20). The summed E-state index contributed by atoms with van der Waals surface area (Å²) in [6, 6.07) is 1.18. The van der Waals surface area contributed by atoms with E-state index in [1.807, 2.05) is 0 Å². The van der Waals surface area contributed by atoms with Crippen LogP contribution in [0.4, 0.5) is 13.6 Å². The smallest absolute Gasteiger partial charge is 0.336 e. The summed E-state index contributed by atoms with van der Waals surface area (Å²) in [6.07, 6.45) is 4.09. The predicted molar refractivity (Wildman–Crippen MR) is 70.4 cm³/mol. The minimum Gasteiger partial charge on any atom is -0.336 e. The number of halogens is 2. The van der Waals surface area contributed by atoms with Crippen LogP contribution in [-0.4, -0.2) is 27.6 Å². The third kappa shape index (κ3) is 3.09. The summed E-state index contributed by atoms with van der Waals surface area (Å²) >= 11 is 0. The molecule has 108 valence electrons. The second-order valence-corrected chi connectivity index (χ2v) is 4.55. The van der Waals surface area contributed by atoms with Gasteiger partial charge in [-0.3, -0.25) is 0 Å². The number of benzene rings is 1. The summed E-state index contributed by atoms with van der Waals surface area (Å²) < 4.78 is 27.5. The third-order valence-electron chi connectivity index (χ3n) is 2.96. The van der Waals surface area contributed by atoms with Crippen LogP contribution < -0.4 is 5.32 Å². The number of rotatable bonds is 5. The van der Waals surface area contributed by atoms with E-state index in [1.165, 1.54) is 0 Å². The molecule has 20 heavy (non-hydrogen) atoms. The molecule has 0 spiro atoms. The molecule has 1 amide bonds. The van der Waals surface area contributed by atoms with Crippen LogP contribution in [0, 0.1) is 11.6 Å². The Balaban J connectivity index is 2.07. The van der Waals surface area contributed by atoms with Crippen LogP contribution >= 0.6 is 0 Å². The Hall–Kier alpha value is -2.05. The first kappa shape index (κ1) is 14.4. The van der Waals surface area contributed by atoms with Crippen molar-refractivity contribution in [1.29, 1.82) is 0 Å². The van der Waals surface area contributed by atoms with Gasteiger partial charge in [-0.15, -0.1) is 5.10 Å². The molecule has 0 saturated carbocycles. The zero-order chi connectivity index (χ0) is 14.5. The molecule has 1 aromatic carbocycles. The summed E-state index contributed by atoms with van der Waals surface area (Å²) in [5.41, 5.74) is -0.0962. The van der Waals surface area contributed by atoms with E-state index in [1.54, 1.807) is 0 Å². The fourth-order valence-corrected chi connectivity index (χ4v) is 1.94. The Labute approximate surface area is 115 Å². The van der Waals surface area contributed by atoms with E-state index < -0.39 is 17.7 Å². The molecule has 1 aromatic heterocycles. The van der Waals surface area contributed by atoms with Crippen molar-refractivity contribution < 1.29 is 13.6 Å². The SMILES string of the molecule is CCCCCCNC(=O)n1nnc2cc(F)cc(F)c21. The lowest BCUT2D eigenvalue weighted by atomic mass is 10.2. The molecular weight excluding hydrogens is 266 g/mol. The maximum absolute atomic E-state index is 13.7. The molecule has 2 aromatic rings. The highest BCUT2D eigenvalue weighted by atomic mass is 19.1. The van der Waals surface area contributed by atoms with E-state index >= 15 is 0 Å². The van der Waals surface area contributed by atoms with Crippen molar-refractivity contribution in [2.75, 3.05) is 6.54 Å². The molecule has 2 rings (SSSR count). The fourth-order valence-electron chi connectivity index (χ4n) is 1.94. The van der Waals surface area contributed by atoms with Gasteiger partial charge >= 0.3 is 6.03 Å². The molecule has 0 fully saturated rings. The molecule has 7 heteroatoms. The zero-order valence-electron chi connectivity index (χ0n) is 11.2. The minimum atomic E-state index is -0.855. The van der Waals surface area contributed by atoms with Crippen molar-refractivity contribution in [2.24, 2.45) is 0 Å². The predicted octanol–water partition coefficient (Wildman–Crippen LogP) is 2.85. The van der Waals surface area contributed by atoms with Crippen LogP contribution in [-0.2, 0) is 0 Å². The molecule has 0 unspecified atom stereocenters. The van der Waals surface area contributed by atoms with Crippen LogP contribution in [0.25, 0.3) is 11.0 Å². The number of amides is 1. The number of unbranched alkanes of at least 4 members (excludes halogenated alkanes) is 3. The van der Waals surface area contributed by atoms with Crippen molar-refractivity contribution in [2.45, 2.75) is 32.6 Å². The van der Waals surface area contributed by atoms with Gasteiger partial charge in [-0.05, 0) is 6.42 Å². The zero-order valence-corrected chi connectivity index (χ0v) is 11.2. The highest BCUT2D eigenvalue weighted by Gasteiger charge is 2.16. The van der Waals surface area contributed by atoms with Gasteiger partial charge in [0, 0.05) is 18.7 Å². The first-order valence-electron chi connectivity index (χ1n) is 6.62. The van der Waals surface area contributed by atoms with Gasteiger partial charge in [0.25, 0.3) is 0 Å². The van der Waals surface area contributed by atoms with Gasteiger partial charge in [-0.1, -0.05) is 31.4 Å². The lowest BCUT2D eigenvalue weighted by Crippen LogP contribution is -2.30. The fraction of sp³-hybridized carbons (Fsp3) is 0.462. The van der Waals surface area contributed by atoms with E-state index in [0.717, 1.165) is 36.4 Å². The molecule has 0 aliphatic rings. The van der Waals surface area contributed by atoms with Crippen molar-refractivity contribution in [3.63, 3.8) is 0 Å². The Morgan fingerprint density at radius 2 is 2.10 bits per heavy atom. The first-order chi connectivity index (χ1) is 9.63. The molecular formula is C13H16F2N4O. The summed E-state index contributed by atoms with van der Waals surface area (Å²) in [7, 11) is 0. The molecule has 0 atom stereocenters. The monoisotopic (exact) mass is 282 g/mol. The second-order valence-electron chi connectivity index (χ2n) is 4.55. The number of carbonyl (C=O) groups is 1. The normalized spacial score (nSPS) is 10.9. The summed E-state index contributed by atoms with van der Waals surface area (Å²) in [5.74, 6) is -1.60. The second kappa shape index (κ2) is 6.40. The average molecular weight is 282 g/mol. The van der Waals surface area contributed by atoms with E-state index in [-0.39, 0.29) is 11.0 Å². The molecule has 0 aliphatic carbocycles. The van der Waals surface area contributed by atoms with Crippen LogP contribution in [0.5, 0.6) is 0 Å². The van der Waals surface area contributed by atoms with Gasteiger partial charge in [0.2, 0.25) is 0 Å². The van der Waals surface area contributed by atoms with Gasteiger partial charge in [-0.2, -0.15) is 4.68 Å². The Kier molecular flexibility index (Phi) is 4.60. The van der Waals surface area contributed by atoms with Crippen molar-refractivity contribution in [1.82, 2.24) is 20.3 Å². The highest BCUT2D eigenvalue weighted by Crippen LogP contribution is 2.16. The molecule has 1 N–H and O–H groups in total. The van der Waals surface area contributed by atoms with Crippen LogP contribution in [0.1, 0.15) is 32.6 Å². The molecule has 0 saturated heterocycles. The molecule has 0 bridgehead atoms. The topological polar surface area (TPSA) is 59.8 Å². The van der Waals surface area contributed by atoms with Gasteiger partial charge in [0.1, 0.15) is 16.9 Å². The van der Waals surface area contributed by atoms with Crippen molar-refractivity contribution in [3.05, 3.63) is 23.8 Å². The first-order valence-corrected chi connectivity index (χ1v) is 6.62. The van der Waals surface area contributed by atoms with E-state index in [9.17, 15) is 13.6 Å². The van der Waals surface area contributed by atoms with Crippen molar-refractivity contribution >= 4 is 17.1 Å². The minimum absolute atomic E-state index is 0.0173. The molecule has 5 nitrogen and oxygen atoms in total. The van der Waals surface area contributed by atoms with E-state index in [4.69, 9.17) is 0 Å². The van der Waals surface area contributed by atoms with Gasteiger partial charge in [0.05, 0.1) is 0 Å². The van der Waals surface area contributed by atoms with Crippen molar-refractivity contribution in [3.8, 4) is 0 Å². The molecule has 0 aliphatic heterocycles. The highest BCUT2D eigenvalue weighted by molar-refractivity contribution is 5.87. The number of hydrogen-bond donors (Lipinski definition) is 1. The maximum Gasteiger partial charge on any atom is 0.344 e. The Morgan fingerprint density at radius 1 is 1.30 bits per heavy atom. The maximum atomic E-state index is 13.7. The lowest BCUT2D eigenvalue weighted by molar-refractivity contribution is 0.239. The van der Waals surface area contributed by atoms with Gasteiger partial charge in [-0.25, -0.2) is 13.6 Å². The number of aromatic nitrogens is 3. The molecule has 0 radical (unpaired) electrons.